The normalized spacial score (nSPS) is 11.6. The molecule has 1 atom stereocenters. The second-order valence-corrected chi connectivity index (χ2v) is 7.07. The molecule has 0 aliphatic heterocycles. The Hall–Kier alpha value is -2.34. The summed E-state index contributed by atoms with van der Waals surface area (Å²) in [6.07, 6.45) is 1.93. The first-order valence-electron chi connectivity index (χ1n) is 8.97. The largest absolute Gasteiger partial charge is 0.492 e. The molecule has 27 heavy (non-hydrogen) atoms. The molecule has 144 valence electrons. The summed E-state index contributed by atoms with van der Waals surface area (Å²) in [6.45, 7) is 2.47. The maximum atomic E-state index is 12.1. The molecule has 0 fully saturated rings. The van der Waals surface area contributed by atoms with Gasteiger partial charge in [0.1, 0.15) is 11.8 Å². The molecule has 0 saturated heterocycles. The van der Waals surface area contributed by atoms with E-state index in [1.165, 1.54) is 5.56 Å². The second kappa shape index (κ2) is 10.7. The summed E-state index contributed by atoms with van der Waals surface area (Å²) in [4.78, 5) is 23.5. The molecular formula is C21H24BrNO4. The van der Waals surface area contributed by atoms with Crippen LogP contribution in [0.2, 0.25) is 0 Å². The van der Waals surface area contributed by atoms with Crippen molar-refractivity contribution in [2.45, 2.75) is 38.6 Å². The van der Waals surface area contributed by atoms with Gasteiger partial charge in [0, 0.05) is 12.8 Å². The van der Waals surface area contributed by atoms with Crippen molar-refractivity contribution in [2.75, 3.05) is 6.61 Å². The molecule has 0 spiro atoms. The number of hydrogen-bond acceptors (Lipinski definition) is 3. The zero-order valence-electron chi connectivity index (χ0n) is 15.3. The minimum Gasteiger partial charge on any atom is -0.492 e. The summed E-state index contributed by atoms with van der Waals surface area (Å²) in [7, 11) is 0. The Bertz CT molecular complexity index is 764. The maximum Gasteiger partial charge on any atom is 0.326 e. The van der Waals surface area contributed by atoms with Crippen molar-refractivity contribution in [3.63, 3.8) is 0 Å². The summed E-state index contributed by atoms with van der Waals surface area (Å²) in [5.41, 5.74) is 2.08. The van der Waals surface area contributed by atoms with Crippen LogP contribution in [-0.4, -0.2) is 29.6 Å². The molecule has 0 heterocycles. The number of aryl methyl sites for hydroxylation is 1. The van der Waals surface area contributed by atoms with Gasteiger partial charge in [0.2, 0.25) is 5.91 Å². The number of hydrogen-bond donors (Lipinski definition) is 2. The van der Waals surface area contributed by atoms with E-state index >= 15 is 0 Å². The topological polar surface area (TPSA) is 75.6 Å². The lowest BCUT2D eigenvalue weighted by Gasteiger charge is -2.15. The Morgan fingerprint density at radius 2 is 1.89 bits per heavy atom. The Morgan fingerprint density at radius 1 is 1.15 bits per heavy atom. The molecule has 2 N–H and O–H groups in total. The zero-order valence-corrected chi connectivity index (χ0v) is 16.9. The average molecular weight is 434 g/mol. The number of carbonyl (C=O) groups is 2. The van der Waals surface area contributed by atoms with E-state index in [4.69, 9.17) is 4.74 Å². The lowest BCUT2D eigenvalue weighted by Crippen LogP contribution is -2.42. The van der Waals surface area contributed by atoms with Crippen molar-refractivity contribution >= 4 is 27.8 Å². The maximum absolute atomic E-state index is 12.1. The van der Waals surface area contributed by atoms with Crippen molar-refractivity contribution < 1.29 is 19.4 Å². The summed E-state index contributed by atoms with van der Waals surface area (Å²) in [5, 5.41) is 11.9. The summed E-state index contributed by atoms with van der Waals surface area (Å²) in [5.74, 6) is -0.592. The molecule has 0 bridgehead atoms. The molecular weight excluding hydrogens is 410 g/mol. The highest BCUT2D eigenvalue weighted by atomic mass is 79.9. The zero-order chi connectivity index (χ0) is 19.6. The number of nitrogens with one attached hydrogen (secondary N) is 1. The number of carboxylic acids is 1. The SMILES string of the molecule is CCc1ccc(OCCCC(=O)NC(Cc2ccccc2)C(=O)O)c(Br)c1. The molecule has 5 nitrogen and oxygen atoms in total. The molecule has 2 rings (SSSR count). The second-order valence-electron chi connectivity index (χ2n) is 6.22. The summed E-state index contributed by atoms with van der Waals surface area (Å²) in [6, 6.07) is 14.2. The molecule has 1 unspecified atom stereocenters. The van der Waals surface area contributed by atoms with Gasteiger partial charge in [0.05, 0.1) is 11.1 Å². The first kappa shape index (κ1) is 21.0. The standard InChI is InChI=1S/C21H24BrNO4/c1-2-15-10-11-19(17(22)13-15)27-12-6-9-20(24)23-18(21(25)26)14-16-7-4-3-5-8-16/h3-5,7-8,10-11,13,18H,2,6,9,12,14H2,1H3,(H,23,24)(H,25,26). The minimum absolute atomic E-state index is 0.212. The molecule has 0 aliphatic rings. The van der Waals surface area contributed by atoms with E-state index < -0.39 is 12.0 Å². The van der Waals surface area contributed by atoms with Crippen molar-refractivity contribution in [2.24, 2.45) is 0 Å². The fraction of sp³-hybridized carbons (Fsp3) is 0.333. The van der Waals surface area contributed by atoms with Gasteiger partial charge in [-0.25, -0.2) is 4.79 Å². The van der Waals surface area contributed by atoms with E-state index in [1.807, 2.05) is 48.5 Å². The fourth-order valence-electron chi connectivity index (χ4n) is 2.61. The van der Waals surface area contributed by atoms with Crippen molar-refractivity contribution in [1.82, 2.24) is 5.32 Å². The number of benzene rings is 2. The van der Waals surface area contributed by atoms with Gasteiger partial charge in [0.25, 0.3) is 0 Å². The highest BCUT2D eigenvalue weighted by Crippen LogP contribution is 2.26. The first-order chi connectivity index (χ1) is 13.0. The number of ether oxygens (including phenoxy) is 1. The number of halogens is 1. The Balaban J connectivity index is 1.76. The average Bonchev–Trinajstić information content (AvgIpc) is 2.66. The van der Waals surface area contributed by atoms with E-state index in [0.717, 1.165) is 22.2 Å². The summed E-state index contributed by atoms with van der Waals surface area (Å²) >= 11 is 3.48. The fourth-order valence-corrected chi connectivity index (χ4v) is 3.15. The molecule has 6 heteroatoms. The number of aliphatic carboxylic acids is 1. The van der Waals surface area contributed by atoms with E-state index in [1.54, 1.807) is 0 Å². The molecule has 2 aromatic carbocycles. The number of rotatable bonds is 10. The monoisotopic (exact) mass is 433 g/mol. The third-order valence-corrected chi connectivity index (χ3v) is 4.75. The lowest BCUT2D eigenvalue weighted by molar-refractivity contribution is -0.141. The number of amides is 1. The quantitative estimate of drug-likeness (QED) is 0.555. The van der Waals surface area contributed by atoms with E-state index in [0.29, 0.717) is 13.0 Å². The third kappa shape index (κ3) is 7.06. The van der Waals surface area contributed by atoms with Crippen LogP contribution in [0, 0.1) is 0 Å². The predicted molar refractivity (Wildman–Crippen MR) is 108 cm³/mol. The number of carbonyl (C=O) groups excluding carboxylic acids is 1. The highest BCUT2D eigenvalue weighted by molar-refractivity contribution is 9.10. The van der Waals surface area contributed by atoms with Gasteiger partial charge in [0.15, 0.2) is 0 Å². The smallest absolute Gasteiger partial charge is 0.326 e. The van der Waals surface area contributed by atoms with Crippen LogP contribution in [0.25, 0.3) is 0 Å². The van der Waals surface area contributed by atoms with Crippen LogP contribution < -0.4 is 10.1 Å². The van der Waals surface area contributed by atoms with Crippen molar-refractivity contribution in [3.05, 3.63) is 64.1 Å². The van der Waals surface area contributed by atoms with Gasteiger partial charge < -0.3 is 15.2 Å². The van der Waals surface area contributed by atoms with E-state index in [9.17, 15) is 14.7 Å². The van der Waals surface area contributed by atoms with Gasteiger partial charge in [-0.1, -0.05) is 43.3 Å². The van der Waals surface area contributed by atoms with Crippen LogP contribution >= 0.6 is 15.9 Å². The van der Waals surface area contributed by atoms with Crippen LogP contribution in [0.3, 0.4) is 0 Å². The highest BCUT2D eigenvalue weighted by Gasteiger charge is 2.20. The molecule has 0 aliphatic carbocycles. The van der Waals surface area contributed by atoms with Gasteiger partial charge in [-0.15, -0.1) is 0 Å². The Kier molecular flexibility index (Phi) is 8.33. The van der Waals surface area contributed by atoms with E-state index in [-0.39, 0.29) is 18.7 Å². The van der Waals surface area contributed by atoms with Crippen LogP contribution in [0.5, 0.6) is 5.75 Å². The van der Waals surface area contributed by atoms with E-state index in [2.05, 4.69) is 28.2 Å². The Labute approximate surface area is 167 Å². The van der Waals surface area contributed by atoms with Crippen molar-refractivity contribution in [3.8, 4) is 5.75 Å². The lowest BCUT2D eigenvalue weighted by atomic mass is 10.1. The predicted octanol–water partition coefficient (Wildman–Crippen LogP) is 3.98. The molecule has 2 aromatic rings. The molecule has 1 amide bonds. The van der Waals surface area contributed by atoms with Crippen LogP contribution in [-0.2, 0) is 22.4 Å². The number of carboxylic acid groups (broad SMARTS) is 1. The van der Waals surface area contributed by atoms with Gasteiger partial charge in [-0.05, 0) is 52.0 Å². The van der Waals surface area contributed by atoms with Crippen LogP contribution in [0.4, 0.5) is 0 Å². The third-order valence-electron chi connectivity index (χ3n) is 4.13. The summed E-state index contributed by atoms with van der Waals surface area (Å²) < 4.78 is 6.58. The van der Waals surface area contributed by atoms with Crippen LogP contribution in [0.1, 0.15) is 30.9 Å². The van der Waals surface area contributed by atoms with Gasteiger partial charge >= 0.3 is 5.97 Å². The molecule has 0 saturated carbocycles. The van der Waals surface area contributed by atoms with Gasteiger partial charge in [-0.3, -0.25) is 4.79 Å². The first-order valence-corrected chi connectivity index (χ1v) is 9.76. The molecule has 0 aromatic heterocycles. The van der Waals surface area contributed by atoms with Gasteiger partial charge in [-0.2, -0.15) is 0 Å². The Morgan fingerprint density at radius 3 is 2.52 bits per heavy atom. The molecule has 0 radical (unpaired) electrons. The minimum atomic E-state index is -1.04. The van der Waals surface area contributed by atoms with Crippen molar-refractivity contribution in [1.29, 1.82) is 0 Å². The van der Waals surface area contributed by atoms with Crippen LogP contribution in [0.15, 0.2) is 53.0 Å².